The van der Waals surface area contributed by atoms with Gasteiger partial charge in [-0.3, -0.25) is 10.1 Å². The van der Waals surface area contributed by atoms with Gasteiger partial charge in [0.05, 0.1) is 4.92 Å². The number of rotatable bonds is 6. The fraction of sp³-hybridized carbons (Fsp3) is 0.250. The van der Waals surface area contributed by atoms with Crippen molar-refractivity contribution in [3.63, 3.8) is 0 Å². The average Bonchev–Trinajstić information content (AvgIpc) is 2.98. The van der Waals surface area contributed by atoms with E-state index in [9.17, 15) is 18.5 Å². The monoisotopic (exact) mass is 347 g/mol. The summed E-state index contributed by atoms with van der Waals surface area (Å²) in [5, 5.41) is 14.3. The highest BCUT2D eigenvalue weighted by molar-refractivity contribution is 7.89. The molecule has 2 aromatic rings. The van der Waals surface area contributed by atoms with Crippen LogP contribution in [0.15, 0.2) is 53.4 Å². The van der Waals surface area contributed by atoms with Crippen LogP contribution in [0.4, 0.5) is 11.4 Å². The Hall–Kier alpha value is -2.45. The van der Waals surface area contributed by atoms with Gasteiger partial charge in [0.1, 0.15) is 0 Å². The van der Waals surface area contributed by atoms with E-state index in [0.717, 1.165) is 12.2 Å². The summed E-state index contributed by atoms with van der Waals surface area (Å²) in [5.74, 6) is 0.217. The number of nitrogens with one attached hydrogen (secondary N) is 2. The molecule has 0 bridgehead atoms. The fourth-order valence-corrected chi connectivity index (χ4v) is 4.11. The standard InChI is InChI=1S/C16H17N3O4S/c20-19(21)15-7-3-4-8-16(15)24(22,23)18-10-9-12-11-17-14-6-2-1-5-13(12)14/h1-8,12,17-18H,9-11H2. The second kappa shape index (κ2) is 6.58. The zero-order valence-electron chi connectivity index (χ0n) is 12.8. The third-order valence-corrected chi connectivity index (χ3v) is 5.58. The average molecular weight is 347 g/mol. The molecule has 0 aliphatic carbocycles. The van der Waals surface area contributed by atoms with Crippen molar-refractivity contribution < 1.29 is 13.3 Å². The van der Waals surface area contributed by atoms with Crippen LogP contribution in [0.5, 0.6) is 0 Å². The minimum Gasteiger partial charge on any atom is -0.384 e. The Labute approximate surface area is 139 Å². The number of para-hydroxylation sites is 2. The molecule has 0 amide bonds. The van der Waals surface area contributed by atoms with Gasteiger partial charge in [0.2, 0.25) is 10.0 Å². The van der Waals surface area contributed by atoms with Crippen LogP contribution in [0.3, 0.4) is 0 Å². The Balaban J connectivity index is 1.68. The third kappa shape index (κ3) is 3.24. The van der Waals surface area contributed by atoms with Crippen LogP contribution < -0.4 is 10.0 Å². The summed E-state index contributed by atoms with van der Waals surface area (Å²) in [6.45, 7) is 0.974. The SMILES string of the molecule is O=[N+]([O-])c1ccccc1S(=O)(=O)NCCC1CNc2ccccc21. The van der Waals surface area contributed by atoms with Gasteiger partial charge in [0, 0.05) is 30.8 Å². The Kier molecular flexibility index (Phi) is 4.50. The molecule has 126 valence electrons. The van der Waals surface area contributed by atoms with Crippen molar-refractivity contribution in [1.82, 2.24) is 4.72 Å². The first kappa shape index (κ1) is 16.4. The second-order valence-electron chi connectivity index (χ2n) is 5.58. The predicted molar refractivity (Wildman–Crippen MR) is 90.6 cm³/mol. The predicted octanol–water partition coefficient (Wildman–Crippen LogP) is 2.47. The lowest BCUT2D eigenvalue weighted by atomic mass is 9.98. The van der Waals surface area contributed by atoms with Crippen LogP contribution >= 0.6 is 0 Å². The van der Waals surface area contributed by atoms with Gasteiger partial charge in [0.15, 0.2) is 4.90 Å². The number of nitro groups is 1. The Bertz CT molecular complexity index is 867. The number of benzene rings is 2. The van der Waals surface area contributed by atoms with Gasteiger partial charge in [-0.2, -0.15) is 0 Å². The largest absolute Gasteiger partial charge is 0.384 e. The molecule has 8 heteroatoms. The fourth-order valence-electron chi connectivity index (χ4n) is 2.90. The molecule has 1 aliphatic rings. The molecule has 7 nitrogen and oxygen atoms in total. The van der Waals surface area contributed by atoms with Crippen molar-refractivity contribution >= 4 is 21.4 Å². The molecule has 0 fully saturated rings. The lowest BCUT2D eigenvalue weighted by Crippen LogP contribution is -2.26. The van der Waals surface area contributed by atoms with Crippen LogP contribution in [-0.4, -0.2) is 26.4 Å². The highest BCUT2D eigenvalue weighted by Gasteiger charge is 2.26. The molecule has 1 heterocycles. The molecule has 0 aromatic heterocycles. The number of fused-ring (bicyclic) bond motifs is 1. The molecular weight excluding hydrogens is 330 g/mol. The summed E-state index contributed by atoms with van der Waals surface area (Å²) in [7, 11) is -3.92. The lowest BCUT2D eigenvalue weighted by Gasteiger charge is -2.11. The molecule has 3 rings (SSSR count). The second-order valence-corrected chi connectivity index (χ2v) is 7.31. The Morgan fingerprint density at radius 2 is 1.88 bits per heavy atom. The van der Waals surface area contributed by atoms with Gasteiger partial charge >= 0.3 is 0 Å². The van der Waals surface area contributed by atoms with Crippen molar-refractivity contribution in [2.24, 2.45) is 0 Å². The summed E-state index contributed by atoms with van der Waals surface area (Å²) < 4.78 is 27.2. The van der Waals surface area contributed by atoms with Crippen molar-refractivity contribution in [3.05, 3.63) is 64.2 Å². The van der Waals surface area contributed by atoms with Gasteiger partial charge in [-0.25, -0.2) is 13.1 Å². The summed E-state index contributed by atoms with van der Waals surface area (Å²) >= 11 is 0. The van der Waals surface area contributed by atoms with Crippen molar-refractivity contribution in [2.75, 3.05) is 18.4 Å². The molecule has 2 N–H and O–H groups in total. The van der Waals surface area contributed by atoms with E-state index in [0.29, 0.717) is 6.42 Å². The first-order valence-corrected chi connectivity index (χ1v) is 9.03. The molecule has 24 heavy (non-hydrogen) atoms. The smallest absolute Gasteiger partial charge is 0.289 e. The van der Waals surface area contributed by atoms with E-state index in [-0.39, 0.29) is 17.4 Å². The molecule has 1 atom stereocenters. The van der Waals surface area contributed by atoms with Gasteiger partial charge in [-0.15, -0.1) is 0 Å². The zero-order valence-corrected chi connectivity index (χ0v) is 13.6. The molecular formula is C16H17N3O4S. The number of nitrogens with zero attached hydrogens (tertiary/aromatic N) is 1. The summed E-state index contributed by atoms with van der Waals surface area (Å²) in [6.07, 6.45) is 0.615. The van der Waals surface area contributed by atoms with Crippen LogP contribution in [0, 0.1) is 10.1 Å². The highest BCUT2D eigenvalue weighted by atomic mass is 32.2. The van der Waals surface area contributed by atoms with E-state index in [4.69, 9.17) is 0 Å². The van der Waals surface area contributed by atoms with E-state index in [1.807, 2.05) is 24.3 Å². The van der Waals surface area contributed by atoms with Crippen LogP contribution in [-0.2, 0) is 10.0 Å². The molecule has 0 saturated carbocycles. The maximum atomic E-state index is 12.3. The van der Waals surface area contributed by atoms with Crippen molar-refractivity contribution in [3.8, 4) is 0 Å². The van der Waals surface area contributed by atoms with E-state index < -0.39 is 20.6 Å². The van der Waals surface area contributed by atoms with Crippen molar-refractivity contribution in [2.45, 2.75) is 17.2 Å². The maximum Gasteiger partial charge on any atom is 0.289 e. The Morgan fingerprint density at radius 3 is 2.67 bits per heavy atom. The van der Waals surface area contributed by atoms with Gasteiger partial charge in [-0.05, 0) is 24.1 Å². The van der Waals surface area contributed by atoms with E-state index >= 15 is 0 Å². The minimum atomic E-state index is -3.92. The van der Waals surface area contributed by atoms with Gasteiger partial charge in [-0.1, -0.05) is 30.3 Å². The van der Waals surface area contributed by atoms with Gasteiger partial charge < -0.3 is 5.32 Å². The zero-order chi connectivity index (χ0) is 17.2. The Morgan fingerprint density at radius 1 is 1.17 bits per heavy atom. The lowest BCUT2D eigenvalue weighted by molar-refractivity contribution is -0.387. The highest BCUT2D eigenvalue weighted by Crippen LogP contribution is 2.33. The third-order valence-electron chi connectivity index (χ3n) is 4.08. The van der Waals surface area contributed by atoms with Crippen LogP contribution in [0.1, 0.15) is 17.9 Å². The van der Waals surface area contributed by atoms with Crippen LogP contribution in [0.2, 0.25) is 0 Å². The quantitative estimate of drug-likeness (QED) is 0.617. The number of hydrogen-bond donors (Lipinski definition) is 2. The topological polar surface area (TPSA) is 101 Å². The number of nitro benzene ring substituents is 1. The molecule has 2 aromatic carbocycles. The molecule has 1 unspecified atom stereocenters. The first-order valence-electron chi connectivity index (χ1n) is 7.55. The normalized spacial score (nSPS) is 16.4. The van der Waals surface area contributed by atoms with E-state index in [1.165, 1.54) is 29.8 Å². The summed E-state index contributed by atoms with van der Waals surface area (Å²) in [6, 6.07) is 13.3. The molecule has 0 saturated heterocycles. The van der Waals surface area contributed by atoms with E-state index in [1.54, 1.807) is 0 Å². The molecule has 0 spiro atoms. The first-order chi connectivity index (χ1) is 11.5. The number of sulfonamides is 1. The van der Waals surface area contributed by atoms with Crippen LogP contribution in [0.25, 0.3) is 0 Å². The summed E-state index contributed by atoms with van der Waals surface area (Å²) in [5.41, 5.74) is 1.82. The number of hydrogen-bond acceptors (Lipinski definition) is 5. The summed E-state index contributed by atoms with van der Waals surface area (Å²) in [4.78, 5) is 10.00. The van der Waals surface area contributed by atoms with Gasteiger partial charge in [0.25, 0.3) is 5.69 Å². The maximum absolute atomic E-state index is 12.3. The minimum absolute atomic E-state index is 0.217. The van der Waals surface area contributed by atoms with Crippen molar-refractivity contribution in [1.29, 1.82) is 0 Å². The van der Waals surface area contributed by atoms with E-state index in [2.05, 4.69) is 10.0 Å². The molecule has 1 aliphatic heterocycles. The molecule has 0 radical (unpaired) electrons. The number of anilines is 1.